The number of hydrazone groups is 1. The Morgan fingerprint density at radius 1 is 1.20 bits per heavy atom. The number of piperidine rings is 1. The van der Waals surface area contributed by atoms with Crippen molar-refractivity contribution in [1.82, 2.24) is 9.91 Å². The van der Waals surface area contributed by atoms with Crippen LogP contribution in [0.1, 0.15) is 44.6 Å². The number of carbonyl (C=O) groups is 1. The van der Waals surface area contributed by atoms with E-state index in [1.807, 2.05) is 6.92 Å². The van der Waals surface area contributed by atoms with Gasteiger partial charge >= 0.3 is 11.9 Å². The molecule has 1 saturated heterocycles. The molecule has 2 aliphatic rings. The highest BCUT2D eigenvalue weighted by Crippen LogP contribution is 2.34. The van der Waals surface area contributed by atoms with Crippen molar-refractivity contribution in [1.29, 1.82) is 0 Å². The van der Waals surface area contributed by atoms with Crippen LogP contribution in [0.3, 0.4) is 0 Å². The number of alkyl halides is 2. The Labute approximate surface area is 180 Å². The van der Waals surface area contributed by atoms with Crippen molar-refractivity contribution in [2.75, 3.05) is 33.3 Å². The summed E-state index contributed by atoms with van der Waals surface area (Å²) >= 11 is 1.26. The summed E-state index contributed by atoms with van der Waals surface area (Å²) in [5.41, 5.74) is 1.49. The minimum Gasteiger partial charge on any atom is -0.493 e. The first-order valence-corrected chi connectivity index (χ1v) is 11.3. The maximum Gasteiger partial charge on any atom is 0.387 e. The summed E-state index contributed by atoms with van der Waals surface area (Å²) in [7, 11) is 1.41. The summed E-state index contributed by atoms with van der Waals surface area (Å²) in [4.78, 5) is 15.0. The molecule has 3 rings (SSSR count). The smallest absolute Gasteiger partial charge is 0.387 e. The van der Waals surface area contributed by atoms with Crippen molar-refractivity contribution >= 4 is 22.7 Å². The second-order valence-electron chi connectivity index (χ2n) is 7.39. The van der Waals surface area contributed by atoms with Crippen molar-refractivity contribution < 1.29 is 23.0 Å². The number of thioether (sulfide) groups is 1. The lowest BCUT2D eigenvalue weighted by atomic mass is 10.0. The molecule has 30 heavy (non-hydrogen) atoms. The lowest BCUT2D eigenvalue weighted by Gasteiger charge is -2.30. The van der Waals surface area contributed by atoms with Gasteiger partial charge in [0.05, 0.1) is 18.1 Å². The van der Waals surface area contributed by atoms with Gasteiger partial charge in [0.15, 0.2) is 11.5 Å². The highest BCUT2D eigenvalue weighted by atomic mass is 32.2. The number of benzene rings is 1. The maximum atomic E-state index is 12.6. The van der Waals surface area contributed by atoms with Gasteiger partial charge in [0.1, 0.15) is 0 Å². The molecule has 0 bridgehead atoms. The molecule has 2 aliphatic heterocycles. The van der Waals surface area contributed by atoms with Gasteiger partial charge in [0.2, 0.25) is 0 Å². The van der Waals surface area contributed by atoms with Crippen molar-refractivity contribution in [2.45, 2.75) is 50.9 Å². The molecule has 0 spiro atoms. The topological polar surface area (TPSA) is 54.4 Å². The van der Waals surface area contributed by atoms with Crippen LogP contribution in [0.25, 0.3) is 0 Å². The van der Waals surface area contributed by atoms with Crippen molar-refractivity contribution in [2.24, 2.45) is 5.10 Å². The van der Waals surface area contributed by atoms with E-state index in [-0.39, 0.29) is 22.0 Å². The SMILES string of the molecule is CCC1SC(=O)N(CCCN2CCCCC2)N=C1c1ccc(OC(F)F)c(OC)c1. The van der Waals surface area contributed by atoms with Gasteiger partial charge in [-0.1, -0.05) is 25.1 Å². The molecule has 1 aromatic carbocycles. The fourth-order valence-electron chi connectivity index (χ4n) is 3.78. The van der Waals surface area contributed by atoms with E-state index in [0.29, 0.717) is 6.54 Å². The Morgan fingerprint density at radius 2 is 1.97 bits per heavy atom. The van der Waals surface area contributed by atoms with Crippen LogP contribution in [-0.4, -0.2) is 66.0 Å². The Balaban J connectivity index is 1.74. The van der Waals surface area contributed by atoms with Gasteiger partial charge in [-0.05, 0) is 63.5 Å². The first kappa shape index (κ1) is 22.8. The maximum absolute atomic E-state index is 12.6. The molecular weight excluding hydrogens is 412 g/mol. The molecule has 2 heterocycles. The summed E-state index contributed by atoms with van der Waals surface area (Å²) in [6.07, 6.45) is 5.38. The molecule has 1 atom stereocenters. The number of nitrogens with zero attached hydrogens (tertiary/aromatic N) is 3. The minimum atomic E-state index is -2.93. The van der Waals surface area contributed by atoms with Crippen LogP contribution >= 0.6 is 11.8 Å². The van der Waals surface area contributed by atoms with E-state index in [4.69, 9.17) is 4.74 Å². The van der Waals surface area contributed by atoms with E-state index in [9.17, 15) is 13.6 Å². The number of rotatable bonds is 9. The Hall–Kier alpha value is -1.87. The number of ether oxygens (including phenoxy) is 2. The van der Waals surface area contributed by atoms with Crippen LogP contribution in [0, 0.1) is 0 Å². The van der Waals surface area contributed by atoms with Crippen LogP contribution in [0.15, 0.2) is 23.3 Å². The standard InChI is InChI=1S/C21H29F2N3O3S/c1-3-18-19(15-8-9-16(29-20(22)23)17(14-15)28-2)24-26(21(27)30-18)13-7-12-25-10-5-4-6-11-25/h8-9,14,18,20H,3-7,10-13H2,1-2H3. The third-order valence-corrected chi connectivity index (χ3v) is 6.58. The zero-order valence-corrected chi connectivity index (χ0v) is 18.3. The van der Waals surface area contributed by atoms with Gasteiger partial charge in [-0.2, -0.15) is 13.9 Å². The number of amides is 1. The number of halogens is 2. The largest absolute Gasteiger partial charge is 0.493 e. The minimum absolute atomic E-state index is 0.0252. The molecule has 0 N–H and O–H groups in total. The van der Waals surface area contributed by atoms with E-state index in [0.717, 1.165) is 43.8 Å². The van der Waals surface area contributed by atoms with E-state index in [1.54, 1.807) is 12.1 Å². The summed E-state index contributed by atoms with van der Waals surface area (Å²) in [5, 5.41) is 6.04. The fourth-order valence-corrected chi connectivity index (χ4v) is 4.74. The normalized spacial score (nSPS) is 20.4. The summed E-state index contributed by atoms with van der Waals surface area (Å²) < 4.78 is 34.9. The molecule has 1 aromatic rings. The Morgan fingerprint density at radius 3 is 2.63 bits per heavy atom. The van der Waals surface area contributed by atoms with Crippen LogP contribution in [0.5, 0.6) is 11.5 Å². The zero-order valence-electron chi connectivity index (χ0n) is 17.5. The lowest BCUT2D eigenvalue weighted by Crippen LogP contribution is -2.37. The van der Waals surface area contributed by atoms with Crippen LogP contribution in [0.4, 0.5) is 13.6 Å². The number of likely N-dealkylation sites (tertiary alicyclic amines) is 1. The van der Waals surface area contributed by atoms with Gasteiger partial charge in [0, 0.05) is 12.1 Å². The van der Waals surface area contributed by atoms with Gasteiger partial charge < -0.3 is 14.4 Å². The van der Waals surface area contributed by atoms with E-state index >= 15 is 0 Å². The average Bonchev–Trinajstić information content (AvgIpc) is 2.75. The van der Waals surface area contributed by atoms with Crippen molar-refractivity contribution in [3.05, 3.63) is 23.8 Å². The third-order valence-electron chi connectivity index (χ3n) is 5.33. The number of methoxy groups -OCH3 is 1. The van der Waals surface area contributed by atoms with Crippen molar-refractivity contribution in [3.8, 4) is 11.5 Å². The second kappa shape index (κ2) is 10.9. The molecule has 1 unspecified atom stereocenters. The van der Waals surface area contributed by atoms with Gasteiger partial charge in [-0.3, -0.25) is 4.79 Å². The van der Waals surface area contributed by atoms with E-state index in [2.05, 4.69) is 14.7 Å². The highest BCUT2D eigenvalue weighted by molar-refractivity contribution is 8.14. The van der Waals surface area contributed by atoms with E-state index < -0.39 is 6.61 Å². The fraction of sp³-hybridized carbons (Fsp3) is 0.619. The molecule has 1 amide bonds. The molecular formula is C21H29F2N3O3S. The summed E-state index contributed by atoms with van der Waals surface area (Å²) in [6, 6.07) is 4.78. The first-order chi connectivity index (χ1) is 14.5. The molecule has 0 radical (unpaired) electrons. The Kier molecular flexibility index (Phi) is 8.32. The van der Waals surface area contributed by atoms with Gasteiger partial charge in [-0.15, -0.1) is 0 Å². The predicted octanol–water partition coefficient (Wildman–Crippen LogP) is 4.82. The third kappa shape index (κ3) is 5.85. The first-order valence-electron chi connectivity index (χ1n) is 10.4. The highest BCUT2D eigenvalue weighted by Gasteiger charge is 2.30. The number of hydrogen-bond donors (Lipinski definition) is 0. The van der Waals surface area contributed by atoms with E-state index in [1.165, 1.54) is 49.2 Å². The van der Waals surface area contributed by atoms with Crippen LogP contribution in [0.2, 0.25) is 0 Å². The molecule has 6 nitrogen and oxygen atoms in total. The monoisotopic (exact) mass is 441 g/mol. The van der Waals surface area contributed by atoms with Gasteiger partial charge in [0.25, 0.3) is 0 Å². The van der Waals surface area contributed by atoms with Crippen LogP contribution in [-0.2, 0) is 0 Å². The predicted molar refractivity (Wildman–Crippen MR) is 115 cm³/mol. The van der Waals surface area contributed by atoms with Crippen LogP contribution < -0.4 is 9.47 Å². The molecule has 0 aliphatic carbocycles. The van der Waals surface area contributed by atoms with Gasteiger partial charge in [-0.25, -0.2) is 5.01 Å². The zero-order chi connectivity index (χ0) is 21.5. The number of hydrogen-bond acceptors (Lipinski definition) is 6. The lowest BCUT2D eigenvalue weighted by molar-refractivity contribution is -0.0512. The molecule has 0 saturated carbocycles. The summed E-state index contributed by atoms with van der Waals surface area (Å²) in [6.45, 7) is 2.85. The second-order valence-corrected chi connectivity index (χ2v) is 8.54. The molecule has 166 valence electrons. The summed E-state index contributed by atoms with van der Waals surface area (Å²) in [5.74, 6) is 0.187. The average molecular weight is 442 g/mol. The molecule has 1 fully saturated rings. The number of carbonyl (C=O) groups excluding carboxylic acids is 1. The van der Waals surface area contributed by atoms with Crippen molar-refractivity contribution in [3.63, 3.8) is 0 Å². The molecule has 0 aromatic heterocycles. The quantitative estimate of drug-likeness (QED) is 0.550. The molecule has 9 heteroatoms. The Bertz CT molecular complexity index is 757.